The molecule has 0 spiro atoms. The number of hydrogen-bond acceptors (Lipinski definition) is 4. The van der Waals surface area contributed by atoms with Gasteiger partial charge in [0.05, 0.1) is 5.38 Å². The molecule has 0 saturated heterocycles. The predicted molar refractivity (Wildman–Crippen MR) is 63.8 cm³/mol. The lowest BCUT2D eigenvalue weighted by Crippen LogP contribution is -2.15. The molecule has 1 atom stereocenters. The molecule has 0 aromatic carbocycles. The molecule has 0 saturated carbocycles. The third-order valence-corrected chi connectivity index (χ3v) is 2.68. The summed E-state index contributed by atoms with van der Waals surface area (Å²) in [7, 11) is 0. The summed E-state index contributed by atoms with van der Waals surface area (Å²) in [6.45, 7) is 2.81. The van der Waals surface area contributed by atoms with E-state index >= 15 is 0 Å². The largest absolute Gasteiger partial charge is 0.365 e. The minimum absolute atomic E-state index is 0.120. The van der Waals surface area contributed by atoms with Crippen LogP contribution in [0.1, 0.15) is 19.8 Å². The van der Waals surface area contributed by atoms with Gasteiger partial charge in [0.2, 0.25) is 5.65 Å². The van der Waals surface area contributed by atoms with Crippen LogP contribution < -0.4 is 5.32 Å². The third-order valence-electron chi connectivity index (χ3n) is 2.31. The maximum absolute atomic E-state index is 6.12. The van der Waals surface area contributed by atoms with Gasteiger partial charge in [-0.25, -0.2) is 4.98 Å². The summed E-state index contributed by atoms with van der Waals surface area (Å²) in [6.07, 6.45) is 7.24. The van der Waals surface area contributed by atoms with Crippen LogP contribution in [0.3, 0.4) is 0 Å². The molecule has 0 bridgehead atoms. The van der Waals surface area contributed by atoms with E-state index in [1.165, 1.54) is 0 Å². The standard InChI is InChI=1S/C10H14ClN5/c1-2-3-8(11)6-13-9-10-15-14-7-16(10)5-4-12-9/h4-5,7-8H,2-3,6H2,1H3,(H,12,13). The summed E-state index contributed by atoms with van der Waals surface area (Å²) in [5.74, 6) is 0.724. The van der Waals surface area contributed by atoms with E-state index in [4.69, 9.17) is 11.6 Å². The highest BCUT2D eigenvalue weighted by atomic mass is 35.5. The van der Waals surface area contributed by atoms with E-state index in [1.807, 2.05) is 10.6 Å². The van der Waals surface area contributed by atoms with Gasteiger partial charge in [-0.2, -0.15) is 0 Å². The summed E-state index contributed by atoms with van der Waals surface area (Å²) in [5.41, 5.74) is 0.725. The van der Waals surface area contributed by atoms with Gasteiger partial charge in [-0.3, -0.25) is 4.40 Å². The maximum Gasteiger partial charge on any atom is 0.203 e. The second-order valence-electron chi connectivity index (χ2n) is 3.60. The first kappa shape index (κ1) is 11.1. The predicted octanol–water partition coefficient (Wildman–Crippen LogP) is 1.94. The normalized spacial score (nSPS) is 12.9. The fourth-order valence-corrected chi connectivity index (χ4v) is 1.80. The van der Waals surface area contributed by atoms with Crippen molar-refractivity contribution >= 4 is 23.1 Å². The molecule has 6 heteroatoms. The minimum Gasteiger partial charge on any atom is -0.365 e. The van der Waals surface area contributed by atoms with E-state index in [-0.39, 0.29) is 5.38 Å². The number of alkyl halides is 1. The summed E-state index contributed by atoms with van der Waals surface area (Å²) >= 11 is 6.12. The van der Waals surface area contributed by atoms with Crippen molar-refractivity contribution in [2.75, 3.05) is 11.9 Å². The molecule has 2 aromatic heterocycles. The zero-order valence-electron chi connectivity index (χ0n) is 9.10. The van der Waals surface area contributed by atoms with Crippen LogP contribution in [0, 0.1) is 0 Å². The van der Waals surface area contributed by atoms with Gasteiger partial charge in [0.15, 0.2) is 5.82 Å². The topological polar surface area (TPSA) is 55.1 Å². The second kappa shape index (κ2) is 5.12. The van der Waals surface area contributed by atoms with E-state index < -0.39 is 0 Å². The Balaban J connectivity index is 2.06. The number of fused-ring (bicyclic) bond motifs is 1. The van der Waals surface area contributed by atoms with Gasteiger partial charge in [0.1, 0.15) is 6.33 Å². The third kappa shape index (κ3) is 2.41. The monoisotopic (exact) mass is 239 g/mol. The highest BCUT2D eigenvalue weighted by Gasteiger charge is 2.07. The zero-order chi connectivity index (χ0) is 11.4. The molecule has 0 aliphatic carbocycles. The smallest absolute Gasteiger partial charge is 0.203 e. The van der Waals surface area contributed by atoms with Crippen LogP contribution in [0.25, 0.3) is 5.65 Å². The van der Waals surface area contributed by atoms with E-state index in [0.29, 0.717) is 6.54 Å². The summed E-state index contributed by atoms with van der Waals surface area (Å²) in [4.78, 5) is 4.22. The molecule has 5 nitrogen and oxygen atoms in total. The zero-order valence-corrected chi connectivity index (χ0v) is 9.85. The molecule has 0 amide bonds. The fourth-order valence-electron chi connectivity index (χ4n) is 1.51. The average molecular weight is 240 g/mol. The van der Waals surface area contributed by atoms with Crippen LogP contribution in [-0.2, 0) is 0 Å². The highest BCUT2D eigenvalue weighted by Crippen LogP contribution is 2.11. The number of anilines is 1. The Bertz CT molecular complexity index is 455. The number of halogens is 1. The lowest BCUT2D eigenvalue weighted by molar-refractivity contribution is 0.750. The van der Waals surface area contributed by atoms with Gasteiger partial charge in [-0.05, 0) is 6.42 Å². The van der Waals surface area contributed by atoms with Gasteiger partial charge in [-0.15, -0.1) is 21.8 Å². The number of rotatable bonds is 5. The molecule has 86 valence electrons. The molecule has 2 rings (SSSR count). The molecular formula is C10H14ClN5. The van der Waals surface area contributed by atoms with Crippen LogP contribution in [0.2, 0.25) is 0 Å². The van der Waals surface area contributed by atoms with Crippen LogP contribution >= 0.6 is 11.6 Å². The van der Waals surface area contributed by atoms with Crippen molar-refractivity contribution in [3.8, 4) is 0 Å². The quantitative estimate of drug-likeness (QED) is 0.811. The van der Waals surface area contributed by atoms with Crippen molar-refractivity contribution in [1.82, 2.24) is 19.6 Å². The highest BCUT2D eigenvalue weighted by molar-refractivity contribution is 6.20. The summed E-state index contributed by atoms with van der Waals surface area (Å²) < 4.78 is 1.82. The van der Waals surface area contributed by atoms with Crippen molar-refractivity contribution in [3.05, 3.63) is 18.7 Å². The van der Waals surface area contributed by atoms with E-state index in [0.717, 1.165) is 24.3 Å². The van der Waals surface area contributed by atoms with Gasteiger partial charge < -0.3 is 5.32 Å². The lowest BCUT2D eigenvalue weighted by atomic mass is 10.2. The van der Waals surface area contributed by atoms with Gasteiger partial charge in [0, 0.05) is 18.9 Å². The van der Waals surface area contributed by atoms with Crippen LogP contribution in [0.4, 0.5) is 5.82 Å². The van der Waals surface area contributed by atoms with E-state index in [2.05, 4.69) is 27.4 Å². The Morgan fingerprint density at radius 2 is 2.44 bits per heavy atom. The molecular weight excluding hydrogens is 226 g/mol. The molecule has 0 aliphatic heterocycles. The molecule has 1 unspecified atom stereocenters. The van der Waals surface area contributed by atoms with Gasteiger partial charge in [0.25, 0.3) is 0 Å². The first-order chi connectivity index (χ1) is 7.81. The number of nitrogens with zero attached hydrogens (tertiary/aromatic N) is 4. The summed E-state index contributed by atoms with van der Waals surface area (Å²) in [6, 6.07) is 0. The van der Waals surface area contributed by atoms with Crippen molar-refractivity contribution in [1.29, 1.82) is 0 Å². The maximum atomic E-state index is 6.12. The minimum atomic E-state index is 0.120. The molecule has 0 fully saturated rings. The van der Waals surface area contributed by atoms with Gasteiger partial charge in [-0.1, -0.05) is 13.3 Å². The van der Waals surface area contributed by atoms with Crippen LogP contribution in [0.15, 0.2) is 18.7 Å². The molecule has 1 N–H and O–H groups in total. The second-order valence-corrected chi connectivity index (χ2v) is 4.22. The first-order valence-corrected chi connectivity index (χ1v) is 5.77. The molecule has 0 radical (unpaired) electrons. The van der Waals surface area contributed by atoms with Crippen LogP contribution in [0.5, 0.6) is 0 Å². The van der Waals surface area contributed by atoms with E-state index in [1.54, 1.807) is 12.5 Å². The Kier molecular flexibility index (Phi) is 3.56. The Morgan fingerprint density at radius 1 is 1.56 bits per heavy atom. The van der Waals surface area contributed by atoms with Crippen molar-refractivity contribution in [2.24, 2.45) is 0 Å². The van der Waals surface area contributed by atoms with E-state index in [9.17, 15) is 0 Å². The Morgan fingerprint density at radius 3 is 3.25 bits per heavy atom. The first-order valence-electron chi connectivity index (χ1n) is 5.33. The average Bonchev–Trinajstić information content (AvgIpc) is 2.75. The Labute approximate surface area is 98.9 Å². The van der Waals surface area contributed by atoms with Gasteiger partial charge >= 0.3 is 0 Å². The number of nitrogens with one attached hydrogen (secondary N) is 1. The lowest BCUT2D eigenvalue weighted by Gasteiger charge is -2.10. The molecule has 16 heavy (non-hydrogen) atoms. The van der Waals surface area contributed by atoms with Crippen molar-refractivity contribution in [2.45, 2.75) is 25.1 Å². The SMILES string of the molecule is CCCC(Cl)CNc1nccn2cnnc12. The number of aromatic nitrogens is 4. The van der Waals surface area contributed by atoms with Crippen molar-refractivity contribution in [3.63, 3.8) is 0 Å². The fraction of sp³-hybridized carbons (Fsp3) is 0.500. The molecule has 0 aliphatic rings. The molecule has 2 aromatic rings. The summed E-state index contributed by atoms with van der Waals surface area (Å²) in [5, 5.41) is 11.1. The number of hydrogen-bond donors (Lipinski definition) is 1. The van der Waals surface area contributed by atoms with Crippen LogP contribution in [-0.4, -0.2) is 31.5 Å². The molecule has 2 heterocycles. The van der Waals surface area contributed by atoms with Crippen molar-refractivity contribution < 1.29 is 0 Å². The Hall–Kier alpha value is -1.36.